The highest BCUT2D eigenvalue weighted by molar-refractivity contribution is 6.32. The molecule has 0 N–H and O–H groups in total. The van der Waals surface area contributed by atoms with Crippen molar-refractivity contribution in [1.29, 1.82) is 0 Å². The molecule has 0 aliphatic rings. The predicted molar refractivity (Wildman–Crippen MR) is 114 cm³/mol. The van der Waals surface area contributed by atoms with Crippen LogP contribution in [0.4, 0.5) is 0 Å². The monoisotopic (exact) mass is 410 g/mol. The molecule has 0 amide bonds. The van der Waals surface area contributed by atoms with Gasteiger partial charge in [0.1, 0.15) is 5.75 Å². The highest BCUT2D eigenvalue weighted by atomic mass is 35.5. The topological polar surface area (TPSA) is 52.6 Å². The second-order valence-electron chi connectivity index (χ2n) is 7.79. The molecule has 0 bridgehead atoms. The summed E-state index contributed by atoms with van der Waals surface area (Å²) in [5, 5.41) is 0.456. The smallest absolute Gasteiger partial charge is 0.311 e. The third-order valence-corrected chi connectivity index (χ3v) is 4.82. The fraction of sp³-hybridized carbons (Fsp3) is 0.652. The van der Waals surface area contributed by atoms with E-state index < -0.39 is 0 Å². The standard InChI is InChI=1S/C23H35ClO4/c1-18(2)11-10-16-27-22(25)12-8-6-4-5-7-9-13-23(26)28-21-17-19(3)14-15-20(21)24/h14-15,17-18H,4-13,16H2,1-3H3. The number of carbonyl (C=O) groups is 2. The maximum absolute atomic E-state index is 11.9. The Hall–Kier alpha value is -1.55. The molecule has 0 aromatic heterocycles. The van der Waals surface area contributed by atoms with Crippen LogP contribution in [0.15, 0.2) is 18.2 Å². The number of unbranched alkanes of at least 4 members (excludes halogenated alkanes) is 5. The summed E-state index contributed by atoms with van der Waals surface area (Å²) >= 11 is 6.03. The number of esters is 2. The maximum Gasteiger partial charge on any atom is 0.311 e. The molecular formula is C23H35ClO4. The van der Waals surface area contributed by atoms with Gasteiger partial charge in [-0.05, 0) is 56.2 Å². The third kappa shape index (κ3) is 12.0. The normalized spacial score (nSPS) is 10.9. The van der Waals surface area contributed by atoms with E-state index in [2.05, 4.69) is 13.8 Å². The summed E-state index contributed by atoms with van der Waals surface area (Å²) in [6.45, 7) is 6.82. The number of ether oxygens (including phenoxy) is 2. The van der Waals surface area contributed by atoms with Crippen molar-refractivity contribution in [1.82, 2.24) is 0 Å². The van der Waals surface area contributed by atoms with Crippen LogP contribution in [0.25, 0.3) is 0 Å². The van der Waals surface area contributed by atoms with Gasteiger partial charge in [0.15, 0.2) is 0 Å². The number of hydrogen-bond acceptors (Lipinski definition) is 4. The molecule has 0 unspecified atom stereocenters. The van der Waals surface area contributed by atoms with Crippen molar-refractivity contribution in [2.24, 2.45) is 5.92 Å². The van der Waals surface area contributed by atoms with Gasteiger partial charge in [-0.15, -0.1) is 0 Å². The van der Waals surface area contributed by atoms with Crippen molar-refractivity contribution >= 4 is 23.5 Å². The van der Waals surface area contributed by atoms with Gasteiger partial charge in [-0.2, -0.15) is 0 Å². The highest BCUT2D eigenvalue weighted by Gasteiger charge is 2.08. The highest BCUT2D eigenvalue weighted by Crippen LogP contribution is 2.25. The molecule has 28 heavy (non-hydrogen) atoms. The number of benzene rings is 1. The van der Waals surface area contributed by atoms with E-state index in [4.69, 9.17) is 21.1 Å². The number of hydrogen-bond donors (Lipinski definition) is 0. The summed E-state index contributed by atoms with van der Waals surface area (Å²) in [5.41, 5.74) is 1.01. The first-order valence-electron chi connectivity index (χ1n) is 10.5. The molecule has 158 valence electrons. The summed E-state index contributed by atoms with van der Waals surface area (Å²) in [6.07, 6.45) is 8.75. The summed E-state index contributed by atoms with van der Waals surface area (Å²) < 4.78 is 10.6. The van der Waals surface area contributed by atoms with Crippen molar-refractivity contribution in [3.05, 3.63) is 28.8 Å². The molecule has 0 radical (unpaired) electrons. The Morgan fingerprint density at radius 3 is 2.18 bits per heavy atom. The van der Waals surface area contributed by atoms with Crippen LogP contribution in [0.1, 0.15) is 83.6 Å². The van der Waals surface area contributed by atoms with E-state index >= 15 is 0 Å². The Bertz CT molecular complexity index is 598. The SMILES string of the molecule is Cc1ccc(Cl)c(OC(=O)CCCCCCCCC(=O)OCCCC(C)C)c1. The zero-order valence-corrected chi connectivity index (χ0v) is 18.4. The first-order chi connectivity index (χ1) is 13.4. The lowest BCUT2D eigenvalue weighted by atomic mass is 10.1. The van der Waals surface area contributed by atoms with E-state index in [1.54, 1.807) is 12.1 Å². The Kier molecular flexibility index (Phi) is 12.6. The first kappa shape index (κ1) is 24.5. The van der Waals surface area contributed by atoms with Gasteiger partial charge in [-0.25, -0.2) is 0 Å². The second-order valence-corrected chi connectivity index (χ2v) is 8.19. The summed E-state index contributed by atoms with van der Waals surface area (Å²) in [4.78, 5) is 23.5. The van der Waals surface area contributed by atoms with Crippen LogP contribution in [0.5, 0.6) is 5.75 Å². The van der Waals surface area contributed by atoms with Crippen molar-refractivity contribution in [2.45, 2.75) is 85.0 Å². The van der Waals surface area contributed by atoms with Crippen LogP contribution >= 0.6 is 11.6 Å². The van der Waals surface area contributed by atoms with Gasteiger partial charge in [-0.3, -0.25) is 9.59 Å². The Morgan fingerprint density at radius 2 is 1.54 bits per heavy atom. The van der Waals surface area contributed by atoms with E-state index in [1.807, 2.05) is 13.0 Å². The Balaban J connectivity index is 1.98. The van der Waals surface area contributed by atoms with E-state index in [1.165, 1.54) is 0 Å². The van der Waals surface area contributed by atoms with Crippen molar-refractivity contribution in [3.8, 4) is 5.75 Å². The van der Waals surface area contributed by atoms with Crippen LogP contribution in [-0.2, 0) is 14.3 Å². The third-order valence-electron chi connectivity index (χ3n) is 4.51. The molecule has 1 aromatic rings. The molecule has 0 aliphatic heterocycles. The largest absolute Gasteiger partial charge is 0.466 e. The molecule has 4 nitrogen and oxygen atoms in total. The minimum absolute atomic E-state index is 0.0821. The number of carbonyl (C=O) groups excluding carboxylic acids is 2. The zero-order chi connectivity index (χ0) is 20.8. The number of halogens is 1. The fourth-order valence-corrected chi connectivity index (χ4v) is 3.01. The van der Waals surface area contributed by atoms with Gasteiger partial charge in [-0.1, -0.05) is 57.2 Å². The molecule has 0 atom stereocenters. The van der Waals surface area contributed by atoms with E-state index in [0.29, 0.717) is 36.1 Å². The van der Waals surface area contributed by atoms with Crippen LogP contribution in [0.2, 0.25) is 5.02 Å². The van der Waals surface area contributed by atoms with Gasteiger partial charge >= 0.3 is 11.9 Å². The van der Waals surface area contributed by atoms with Crippen LogP contribution < -0.4 is 4.74 Å². The molecule has 0 heterocycles. The van der Waals surface area contributed by atoms with Gasteiger partial charge in [0, 0.05) is 12.8 Å². The molecule has 1 rings (SSSR count). The summed E-state index contributed by atoms with van der Waals surface area (Å²) in [6, 6.07) is 5.39. The van der Waals surface area contributed by atoms with Crippen LogP contribution in [0.3, 0.4) is 0 Å². The molecule has 0 aliphatic carbocycles. The molecule has 1 aromatic carbocycles. The van der Waals surface area contributed by atoms with E-state index in [-0.39, 0.29) is 11.9 Å². The average Bonchev–Trinajstić information content (AvgIpc) is 2.64. The summed E-state index contributed by atoms with van der Waals surface area (Å²) in [5.74, 6) is 0.762. The molecule has 0 spiro atoms. The molecule has 5 heteroatoms. The van der Waals surface area contributed by atoms with Gasteiger partial charge < -0.3 is 9.47 Å². The fourth-order valence-electron chi connectivity index (χ4n) is 2.86. The van der Waals surface area contributed by atoms with Gasteiger partial charge in [0.05, 0.1) is 11.6 Å². The van der Waals surface area contributed by atoms with Crippen molar-refractivity contribution in [3.63, 3.8) is 0 Å². The van der Waals surface area contributed by atoms with Crippen molar-refractivity contribution < 1.29 is 19.1 Å². The van der Waals surface area contributed by atoms with Crippen LogP contribution in [-0.4, -0.2) is 18.5 Å². The van der Waals surface area contributed by atoms with Gasteiger partial charge in [0.2, 0.25) is 0 Å². The zero-order valence-electron chi connectivity index (χ0n) is 17.6. The minimum atomic E-state index is -0.243. The van der Waals surface area contributed by atoms with Crippen molar-refractivity contribution in [2.75, 3.05) is 6.61 Å². The van der Waals surface area contributed by atoms with Crippen LogP contribution in [0, 0.1) is 12.8 Å². The van der Waals surface area contributed by atoms with E-state index in [0.717, 1.165) is 56.9 Å². The summed E-state index contributed by atoms with van der Waals surface area (Å²) in [7, 11) is 0. The quantitative estimate of drug-likeness (QED) is 0.195. The second kappa shape index (κ2) is 14.4. The molecule has 0 saturated carbocycles. The van der Waals surface area contributed by atoms with E-state index in [9.17, 15) is 9.59 Å². The Morgan fingerprint density at radius 1 is 0.929 bits per heavy atom. The first-order valence-corrected chi connectivity index (χ1v) is 10.9. The lowest BCUT2D eigenvalue weighted by Crippen LogP contribution is -2.08. The Labute approximate surface area is 174 Å². The number of aryl methyl sites for hydroxylation is 1. The lowest BCUT2D eigenvalue weighted by Gasteiger charge is -2.07. The lowest BCUT2D eigenvalue weighted by molar-refractivity contribution is -0.144. The number of rotatable bonds is 14. The predicted octanol–water partition coefficient (Wildman–Crippen LogP) is 6.65. The average molecular weight is 411 g/mol. The maximum atomic E-state index is 11.9. The molecule has 0 fully saturated rings. The molecular weight excluding hydrogens is 376 g/mol. The minimum Gasteiger partial charge on any atom is -0.466 e. The van der Waals surface area contributed by atoms with Gasteiger partial charge in [0.25, 0.3) is 0 Å². The molecule has 0 saturated heterocycles.